The summed E-state index contributed by atoms with van der Waals surface area (Å²) in [5, 5.41) is 2.43. The van der Waals surface area contributed by atoms with Crippen molar-refractivity contribution in [2.75, 3.05) is 7.05 Å². The molecule has 5 heteroatoms. The van der Waals surface area contributed by atoms with Crippen LogP contribution in [-0.2, 0) is 0 Å². The van der Waals surface area contributed by atoms with E-state index in [0.29, 0.717) is 22.2 Å². The number of nitrogens with one attached hydrogen (secondary N) is 1. The van der Waals surface area contributed by atoms with Gasteiger partial charge in [0.05, 0.1) is 0 Å². The monoisotopic (exact) mass is 217 g/mol. The van der Waals surface area contributed by atoms with Gasteiger partial charge >= 0.3 is 0 Å². The van der Waals surface area contributed by atoms with Crippen molar-refractivity contribution in [3.05, 3.63) is 29.8 Å². The van der Waals surface area contributed by atoms with Crippen molar-refractivity contribution in [1.82, 2.24) is 5.32 Å². The normalized spacial score (nSPS) is 10.3. The smallest absolute Gasteiger partial charge is 0.288 e. The minimum absolute atomic E-state index is 0.276. The van der Waals surface area contributed by atoms with Crippen LogP contribution in [-0.4, -0.2) is 18.7 Å². The lowest BCUT2D eigenvalue weighted by Crippen LogP contribution is -2.17. The Morgan fingerprint density at radius 1 is 1.50 bits per heavy atom. The van der Waals surface area contributed by atoms with Gasteiger partial charge in [-0.2, -0.15) is 8.78 Å². The fourth-order valence-corrected chi connectivity index (χ4v) is 1.52. The molecule has 1 aromatic rings. The molecule has 2 nitrogen and oxygen atoms in total. The number of rotatable bonds is 3. The molecule has 14 heavy (non-hydrogen) atoms. The third kappa shape index (κ3) is 2.99. The predicted octanol–water partition coefficient (Wildman–Crippen LogP) is 2.36. The third-order valence-electron chi connectivity index (χ3n) is 1.55. The number of carbonyl (C=O) groups excluding carboxylic acids is 1. The Labute approximate surface area is 84.7 Å². The number of halogens is 2. The van der Waals surface area contributed by atoms with E-state index in [4.69, 9.17) is 0 Å². The van der Waals surface area contributed by atoms with Crippen molar-refractivity contribution in [2.24, 2.45) is 0 Å². The molecular weight excluding hydrogens is 208 g/mol. The molecule has 1 amide bonds. The Morgan fingerprint density at radius 3 is 2.79 bits per heavy atom. The van der Waals surface area contributed by atoms with Crippen molar-refractivity contribution in [3.8, 4) is 0 Å². The molecule has 0 saturated heterocycles. The highest BCUT2D eigenvalue weighted by Gasteiger charge is 2.08. The van der Waals surface area contributed by atoms with Gasteiger partial charge in [-0.15, -0.1) is 0 Å². The second-order valence-corrected chi connectivity index (χ2v) is 3.55. The Kier molecular flexibility index (Phi) is 3.88. The standard InChI is InChI=1S/C9H9F2NOS/c1-12-8(13)6-3-2-4-7(5-6)14-9(10)11/h2-5,9H,1H3,(H,12,13). The van der Waals surface area contributed by atoms with E-state index in [1.54, 1.807) is 18.2 Å². The zero-order valence-corrected chi connectivity index (χ0v) is 8.28. The van der Waals surface area contributed by atoms with Crippen LogP contribution in [0.4, 0.5) is 8.78 Å². The van der Waals surface area contributed by atoms with E-state index in [9.17, 15) is 13.6 Å². The van der Waals surface area contributed by atoms with Crippen molar-refractivity contribution in [2.45, 2.75) is 10.7 Å². The van der Waals surface area contributed by atoms with E-state index in [0.717, 1.165) is 0 Å². The van der Waals surface area contributed by atoms with Crippen LogP contribution in [0.1, 0.15) is 10.4 Å². The van der Waals surface area contributed by atoms with Crippen molar-refractivity contribution >= 4 is 17.7 Å². The summed E-state index contributed by atoms with van der Waals surface area (Å²) in [6, 6.07) is 6.14. The first-order valence-electron chi connectivity index (χ1n) is 3.90. The quantitative estimate of drug-likeness (QED) is 0.787. The maximum atomic E-state index is 12.0. The molecule has 0 fully saturated rings. The van der Waals surface area contributed by atoms with Crippen LogP contribution < -0.4 is 5.32 Å². The highest BCUT2D eigenvalue weighted by molar-refractivity contribution is 7.99. The fourth-order valence-electron chi connectivity index (χ4n) is 0.958. The first-order valence-corrected chi connectivity index (χ1v) is 4.78. The van der Waals surface area contributed by atoms with Gasteiger partial charge in [0.2, 0.25) is 0 Å². The first-order chi connectivity index (χ1) is 6.63. The maximum Gasteiger partial charge on any atom is 0.288 e. The molecule has 0 saturated carbocycles. The van der Waals surface area contributed by atoms with Gasteiger partial charge < -0.3 is 5.32 Å². The van der Waals surface area contributed by atoms with Gasteiger partial charge in [-0.3, -0.25) is 4.79 Å². The molecule has 0 bridgehead atoms. The summed E-state index contributed by atoms with van der Waals surface area (Å²) in [6.45, 7) is 0. The van der Waals surface area contributed by atoms with Gasteiger partial charge in [0.25, 0.3) is 11.7 Å². The summed E-state index contributed by atoms with van der Waals surface area (Å²) in [6.07, 6.45) is 0. The largest absolute Gasteiger partial charge is 0.355 e. The second kappa shape index (κ2) is 4.95. The zero-order chi connectivity index (χ0) is 10.6. The van der Waals surface area contributed by atoms with E-state index in [1.165, 1.54) is 13.1 Å². The highest BCUT2D eigenvalue weighted by Crippen LogP contribution is 2.25. The van der Waals surface area contributed by atoms with E-state index in [1.807, 2.05) is 0 Å². The molecule has 0 radical (unpaired) electrons. The Morgan fingerprint density at radius 2 is 2.21 bits per heavy atom. The van der Waals surface area contributed by atoms with Crippen LogP contribution in [0.15, 0.2) is 29.2 Å². The molecule has 0 aliphatic heterocycles. The summed E-state index contributed by atoms with van der Waals surface area (Å²) in [7, 11) is 1.50. The van der Waals surface area contributed by atoms with Crippen LogP contribution in [0, 0.1) is 0 Å². The van der Waals surface area contributed by atoms with Crippen molar-refractivity contribution in [3.63, 3.8) is 0 Å². The summed E-state index contributed by atoms with van der Waals surface area (Å²) in [5.74, 6) is -2.74. The van der Waals surface area contributed by atoms with Gasteiger partial charge in [-0.05, 0) is 18.2 Å². The molecule has 0 spiro atoms. The second-order valence-electron chi connectivity index (χ2n) is 2.49. The van der Waals surface area contributed by atoms with E-state index in [2.05, 4.69) is 5.32 Å². The van der Waals surface area contributed by atoms with Crippen LogP contribution >= 0.6 is 11.8 Å². The lowest BCUT2D eigenvalue weighted by atomic mass is 10.2. The third-order valence-corrected chi connectivity index (χ3v) is 2.25. The average Bonchev–Trinajstić information content (AvgIpc) is 2.16. The summed E-state index contributed by atoms with van der Waals surface area (Å²) in [5.41, 5.74) is 0.387. The van der Waals surface area contributed by atoms with Crippen LogP contribution in [0.25, 0.3) is 0 Å². The minimum Gasteiger partial charge on any atom is -0.355 e. The number of hydrogen-bond donors (Lipinski definition) is 1. The zero-order valence-electron chi connectivity index (χ0n) is 7.46. The van der Waals surface area contributed by atoms with Crippen LogP contribution in [0.2, 0.25) is 0 Å². The van der Waals surface area contributed by atoms with Gasteiger partial charge in [0.1, 0.15) is 0 Å². The molecular formula is C9H9F2NOS. The van der Waals surface area contributed by atoms with Gasteiger partial charge in [-0.1, -0.05) is 17.8 Å². The number of hydrogen-bond acceptors (Lipinski definition) is 2. The summed E-state index contributed by atoms with van der Waals surface area (Å²) in [4.78, 5) is 11.5. The fraction of sp³-hybridized carbons (Fsp3) is 0.222. The van der Waals surface area contributed by atoms with E-state index < -0.39 is 5.76 Å². The average molecular weight is 217 g/mol. The molecule has 0 unspecified atom stereocenters. The van der Waals surface area contributed by atoms with Gasteiger partial charge in [0, 0.05) is 17.5 Å². The van der Waals surface area contributed by atoms with E-state index >= 15 is 0 Å². The molecule has 1 rings (SSSR count). The van der Waals surface area contributed by atoms with Crippen molar-refractivity contribution < 1.29 is 13.6 Å². The predicted molar refractivity (Wildman–Crippen MR) is 51.7 cm³/mol. The Hall–Kier alpha value is -1.10. The maximum absolute atomic E-state index is 12.0. The molecule has 0 atom stereocenters. The first kappa shape index (κ1) is 11.0. The topological polar surface area (TPSA) is 29.1 Å². The van der Waals surface area contributed by atoms with E-state index in [-0.39, 0.29) is 5.91 Å². The lowest BCUT2D eigenvalue weighted by Gasteiger charge is -2.03. The van der Waals surface area contributed by atoms with Crippen molar-refractivity contribution in [1.29, 1.82) is 0 Å². The molecule has 76 valence electrons. The number of amides is 1. The Bertz CT molecular complexity index is 330. The van der Waals surface area contributed by atoms with Crippen LogP contribution in [0.3, 0.4) is 0 Å². The molecule has 1 aromatic carbocycles. The van der Waals surface area contributed by atoms with Gasteiger partial charge in [0.15, 0.2) is 0 Å². The molecule has 0 aliphatic rings. The molecule has 0 aliphatic carbocycles. The SMILES string of the molecule is CNC(=O)c1cccc(SC(F)F)c1. The molecule has 1 N–H and O–H groups in total. The number of alkyl halides is 2. The highest BCUT2D eigenvalue weighted by atomic mass is 32.2. The Balaban J connectivity index is 2.84. The number of carbonyl (C=O) groups is 1. The molecule has 0 heterocycles. The summed E-state index contributed by atoms with van der Waals surface area (Å²) >= 11 is 0.427. The van der Waals surface area contributed by atoms with Crippen LogP contribution in [0.5, 0.6) is 0 Å². The number of benzene rings is 1. The number of thioether (sulfide) groups is 1. The molecule has 0 aromatic heterocycles. The minimum atomic E-state index is -2.46. The van der Waals surface area contributed by atoms with Gasteiger partial charge in [-0.25, -0.2) is 0 Å². The lowest BCUT2D eigenvalue weighted by molar-refractivity contribution is 0.0963. The summed E-state index contributed by atoms with van der Waals surface area (Å²) < 4.78 is 24.0.